The predicted octanol–water partition coefficient (Wildman–Crippen LogP) is 3.14. The Hall–Kier alpha value is -1.48. The summed E-state index contributed by atoms with van der Waals surface area (Å²) in [5.41, 5.74) is 1.47. The van der Waals surface area contributed by atoms with E-state index in [4.69, 9.17) is 11.6 Å². The molecule has 2 aromatic rings. The van der Waals surface area contributed by atoms with Crippen molar-refractivity contribution in [3.8, 4) is 0 Å². The first kappa shape index (κ1) is 20.3. The number of aromatic nitrogens is 1. The molecule has 27 heavy (non-hydrogen) atoms. The zero-order chi connectivity index (χ0) is 19.4. The van der Waals surface area contributed by atoms with Crippen molar-refractivity contribution in [1.29, 1.82) is 0 Å². The third-order valence-corrected chi connectivity index (χ3v) is 7.83. The first-order chi connectivity index (χ1) is 12.8. The maximum Gasteiger partial charge on any atom is 0.218 e. The van der Waals surface area contributed by atoms with Gasteiger partial charge in [0.2, 0.25) is 15.9 Å². The number of hydrogen-bond donors (Lipinski definition) is 1. The molecule has 0 radical (unpaired) electrons. The number of piperidine rings is 1. The zero-order valence-electron chi connectivity index (χ0n) is 15.0. The van der Waals surface area contributed by atoms with Gasteiger partial charge in [-0.2, -0.15) is 0 Å². The van der Waals surface area contributed by atoms with E-state index in [0.29, 0.717) is 30.2 Å². The number of amides is 1. The fourth-order valence-corrected chi connectivity index (χ4v) is 5.96. The Morgan fingerprint density at radius 1 is 1.33 bits per heavy atom. The Morgan fingerprint density at radius 3 is 2.70 bits per heavy atom. The molecule has 2 heterocycles. The zero-order valence-corrected chi connectivity index (χ0v) is 17.4. The molecule has 0 bridgehead atoms. The van der Waals surface area contributed by atoms with E-state index in [1.807, 2.05) is 5.38 Å². The summed E-state index contributed by atoms with van der Waals surface area (Å²) in [6, 6.07) is 7.04. The lowest BCUT2D eigenvalue weighted by molar-refractivity contribution is -0.119. The Kier molecular flexibility index (Phi) is 6.52. The van der Waals surface area contributed by atoms with E-state index in [1.165, 1.54) is 6.92 Å². The lowest BCUT2D eigenvalue weighted by Gasteiger charge is -2.30. The first-order valence-corrected chi connectivity index (χ1v) is 11.6. The van der Waals surface area contributed by atoms with E-state index < -0.39 is 10.0 Å². The largest absolute Gasteiger partial charge is 0.351 e. The van der Waals surface area contributed by atoms with Crippen molar-refractivity contribution in [2.24, 2.45) is 0 Å². The molecule has 1 amide bonds. The van der Waals surface area contributed by atoms with Crippen molar-refractivity contribution in [1.82, 2.24) is 14.6 Å². The van der Waals surface area contributed by atoms with Gasteiger partial charge in [0, 0.05) is 36.3 Å². The van der Waals surface area contributed by atoms with E-state index in [2.05, 4.69) is 10.3 Å². The van der Waals surface area contributed by atoms with Gasteiger partial charge in [-0.15, -0.1) is 11.3 Å². The SMILES string of the molecule is CC(=O)NCc1csc(C2CCN(S(=O)(=O)Cc3ccccc3Cl)CC2)n1. The van der Waals surface area contributed by atoms with E-state index in [0.717, 1.165) is 23.5 Å². The Bertz CT molecular complexity index is 906. The van der Waals surface area contributed by atoms with Crippen LogP contribution in [0.4, 0.5) is 0 Å². The summed E-state index contributed by atoms with van der Waals surface area (Å²) < 4.78 is 27.0. The Balaban J connectivity index is 1.58. The molecule has 1 N–H and O–H groups in total. The van der Waals surface area contributed by atoms with Gasteiger partial charge in [-0.3, -0.25) is 4.79 Å². The number of benzene rings is 1. The molecule has 0 saturated carbocycles. The van der Waals surface area contributed by atoms with Gasteiger partial charge in [0.15, 0.2) is 0 Å². The molecule has 1 aromatic heterocycles. The molecule has 0 aliphatic carbocycles. The van der Waals surface area contributed by atoms with Crippen LogP contribution in [0.5, 0.6) is 0 Å². The lowest BCUT2D eigenvalue weighted by Crippen LogP contribution is -2.38. The molecule has 6 nitrogen and oxygen atoms in total. The molecule has 3 rings (SSSR count). The third kappa shape index (κ3) is 5.28. The number of carbonyl (C=O) groups is 1. The number of carbonyl (C=O) groups excluding carboxylic acids is 1. The molecular weight excluding hydrogens is 406 g/mol. The van der Waals surface area contributed by atoms with Gasteiger partial charge < -0.3 is 5.32 Å². The fraction of sp³-hybridized carbons (Fsp3) is 0.444. The van der Waals surface area contributed by atoms with Crippen LogP contribution in [-0.4, -0.2) is 36.7 Å². The van der Waals surface area contributed by atoms with Gasteiger partial charge in [-0.05, 0) is 24.5 Å². The molecule has 9 heteroatoms. The van der Waals surface area contributed by atoms with Crippen LogP contribution in [0.25, 0.3) is 0 Å². The summed E-state index contributed by atoms with van der Waals surface area (Å²) in [6.07, 6.45) is 1.49. The molecule has 1 saturated heterocycles. The minimum absolute atomic E-state index is 0.0740. The maximum absolute atomic E-state index is 12.7. The highest BCUT2D eigenvalue weighted by molar-refractivity contribution is 7.88. The number of hydrogen-bond acceptors (Lipinski definition) is 5. The summed E-state index contributed by atoms with van der Waals surface area (Å²) in [7, 11) is -3.39. The van der Waals surface area contributed by atoms with Crippen LogP contribution in [0.1, 0.15) is 41.9 Å². The van der Waals surface area contributed by atoms with Gasteiger partial charge in [0.25, 0.3) is 0 Å². The van der Waals surface area contributed by atoms with Gasteiger partial charge >= 0.3 is 0 Å². The van der Waals surface area contributed by atoms with Crippen molar-refractivity contribution in [2.75, 3.05) is 13.1 Å². The topological polar surface area (TPSA) is 79.4 Å². The van der Waals surface area contributed by atoms with Crippen molar-refractivity contribution in [3.63, 3.8) is 0 Å². The summed E-state index contributed by atoms with van der Waals surface area (Å²) in [4.78, 5) is 15.6. The van der Waals surface area contributed by atoms with E-state index in [-0.39, 0.29) is 17.6 Å². The van der Waals surface area contributed by atoms with Crippen LogP contribution in [-0.2, 0) is 27.1 Å². The molecular formula is C18H22ClN3O3S2. The van der Waals surface area contributed by atoms with E-state index in [1.54, 1.807) is 39.9 Å². The van der Waals surface area contributed by atoms with Crippen LogP contribution < -0.4 is 5.32 Å². The molecule has 146 valence electrons. The molecule has 1 aromatic carbocycles. The number of nitrogens with one attached hydrogen (secondary N) is 1. The highest BCUT2D eigenvalue weighted by atomic mass is 35.5. The highest BCUT2D eigenvalue weighted by Crippen LogP contribution is 2.32. The molecule has 1 aliphatic heterocycles. The molecule has 0 spiro atoms. The second-order valence-electron chi connectivity index (χ2n) is 6.61. The van der Waals surface area contributed by atoms with Crippen molar-refractivity contribution < 1.29 is 13.2 Å². The summed E-state index contributed by atoms with van der Waals surface area (Å²) >= 11 is 7.68. The monoisotopic (exact) mass is 427 g/mol. The van der Waals surface area contributed by atoms with Gasteiger partial charge in [-0.1, -0.05) is 29.8 Å². The van der Waals surface area contributed by atoms with Crippen molar-refractivity contribution in [3.05, 3.63) is 50.9 Å². The summed E-state index contributed by atoms with van der Waals surface area (Å²) in [5.74, 6) is 0.101. The van der Waals surface area contributed by atoms with Crippen molar-refractivity contribution in [2.45, 2.75) is 38.0 Å². The average Bonchev–Trinajstić information content (AvgIpc) is 3.11. The van der Waals surface area contributed by atoms with Crippen molar-refractivity contribution >= 4 is 38.9 Å². The smallest absolute Gasteiger partial charge is 0.218 e. The quantitative estimate of drug-likeness (QED) is 0.768. The standard InChI is InChI=1S/C18H22ClN3O3S2/c1-13(23)20-10-16-11-26-18(21-16)14-6-8-22(9-7-14)27(24,25)12-15-4-2-3-5-17(15)19/h2-5,11,14H,6-10,12H2,1H3,(H,20,23). The number of thiazole rings is 1. The van der Waals surface area contributed by atoms with Gasteiger partial charge in [0.05, 0.1) is 23.0 Å². The molecule has 0 unspecified atom stereocenters. The molecule has 0 atom stereocenters. The normalized spacial score (nSPS) is 16.4. The van der Waals surface area contributed by atoms with Crippen LogP contribution in [0, 0.1) is 0 Å². The van der Waals surface area contributed by atoms with Crippen LogP contribution in [0.3, 0.4) is 0 Å². The summed E-state index contributed by atoms with van der Waals surface area (Å²) in [6.45, 7) is 2.87. The predicted molar refractivity (Wildman–Crippen MR) is 107 cm³/mol. The first-order valence-electron chi connectivity index (χ1n) is 8.75. The van der Waals surface area contributed by atoms with Crippen LogP contribution in [0.2, 0.25) is 5.02 Å². The third-order valence-electron chi connectivity index (χ3n) is 4.58. The van der Waals surface area contributed by atoms with Crippen LogP contribution >= 0.6 is 22.9 Å². The number of halogens is 1. The van der Waals surface area contributed by atoms with Gasteiger partial charge in [-0.25, -0.2) is 17.7 Å². The minimum atomic E-state index is -3.39. The molecule has 1 fully saturated rings. The van der Waals surface area contributed by atoms with Gasteiger partial charge in [0.1, 0.15) is 0 Å². The number of nitrogens with zero attached hydrogens (tertiary/aromatic N) is 2. The average molecular weight is 428 g/mol. The fourth-order valence-electron chi connectivity index (χ4n) is 3.09. The molecule has 1 aliphatic rings. The maximum atomic E-state index is 12.7. The highest BCUT2D eigenvalue weighted by Gasteiger charge is 2.30. The Morgan fingerprint density at radius 2 is 2.04 bits per heavy atom. The lowest BCUT2D eigenvalue weighted by atomic mass is 9.99. The second-order valence-corrected chi connectivity index (χ2v) is 9.87. The van der Waals surface area contributed by atoms with Crippen LogP contribution in [0.15, 0.2) is 29.6 Å². The van der Waals surface area contributed by atoms with E-state index >= 15 is 0 Å². The number of sulfonamides is 1. The minimum Gasteiger partial charge on any atom is -0.351 e. The summed E-state index contributed by atoms with van der Waals surface area (Å²) in [5, 5.41) is 6.18. The second kappa shape index (κ2) is 8.68. The Labute approximate surface area is 168 Å². The number of rotatable bonds is 6. The van der Waals surface area contributed by atoms with E-state index in [9.17, 15) is 13.2 Å².